The third-order valence-corrected chi connectivity index (χ3v) is 7.60. The summed E-state index contributed by atoms with van der Waals surface area (Å²) in [6.07, 6.45) is 3.57. The molecule has 2 fully saturated rings. The molecule has 1 saturated carbocycles. The van der Waals surface area contributed by atoms with E-state index in [2.05, 4.69) is 5.32 Å². The molecule has 0 aromatic heterocycles. The largest absolute Gasteiger partial charge is 0.349 e. The molecule has 144 valence electrons. The predicted molar refractivity (Wildman–Crippen MR) is 101 cm³/mol. The average Bonchev–Trinajstić information content (AvgIpc) is 3.48. The maximum absolute atomic E-state index is 12.9. The minimum absolute atomic E-state index is 0.0753. The third-order valence-electron chi connectivity index (χ3n) is 5.72. The van der Waals surface area contributed by atoms with Gasteiger partial charge in [-0.1, -0.05) is 17.7 Å². The first-order chi connectivity index (χ1) is 12.3. The van der Waals surface area contributed by atoms with Gasteiger partial charge in [-0.3, -0.25) is 4.79 Å². The van der Waals surface area contributed by atoms with Gasteiger partial charge in [0.25, 0.3) is 0 Å². The molecule has 2 aliphatic rings. The van der Waals surface area contributed by atoms with Crippen molar-refractivity contribution in [1.82, 2.24) is 9.62 Å². The molecular weight excluding hydrogens is 350 g/mol. The van der Waals surface area contributed by atoms with Crippen molar-refractivity contribution in [3.8, 4) is 0 Å². The maximum Gasteiger partial charge on any atom is 0.243 e. The zero-order valence-electron chi connectivity index (χ0n) is 15.6. The Bertz CT molecular complexity index is 759. The van der Waals surface area contributed by atoms with Crippen molar-refractivity contribution < 1.29 is 13.2 Å². The minimum atomic E-state index is -3.57. The van der Waals surface area contributed by atoms with Crippen molar-refractivity contribution in [2.45, 2.75) is 50.0 Å². The number of carbonyl (C=O) groups is 1. The zero-order chi connectivity index (χ0) is 18.9. The van der Waals surface area contributed by atoms with Crippen LogP contribution in [0.4, 0.5) is 0 Å². The van der Waals surface area contributed by atoms with E-state index in [0.29, 0.717) is 31.8 Å². The molecule has 1 heterocycles. The summed E-state index contributed by atoms with van der Waals surface area (Å²) >= 11 is 0. The first-order valence-corrected chi connectivity index (χ1v) is 10.8. The van der Waals surface area contributed by atoms with Gasteiger partial charge in [0.05, 0.1) is 16.4 Å². The summed E-state index contributed by atoms with van der Waals surface area (Å²) in [6.45, 7) is 5.00. The van der Waals surface area contributed by atoms with Gasteiger partial charge in [-0.2, -0.15) is 4.31 Å². The molecule has 0 bridgehead atoms. The fourth-order valence-electron chi connectivity index (χ4n) is 3.66. The van der Waals surface area contributed by atoms with Crippen molar-refractivity contribution >= 4 is 15.9 Å². The lowest BCUT2D eigenvalue weighted by molar-refractivity contribution is -0.128. The van der Waals surface area contributed by atoms with Crippen molar-refractivity contribution in [2.75, 3.05) is 19.6 Å². The van der Waals surface area contributed by atoms with Crippen LogP contribution >= 0.6 is 0 Å². The highest BCUT2D eigenvalue weighted by Crippen LogP contribution is 2.39. The van der Waals surface area contributed by atoms with E-state index in [1.807, 2.05) is 13.8 Å². The van der Waals surface area contributed by atoms with Gasteiger partial charge in [-0.15, -0.1) is 0 Å². The van der Waals surface area contributed by atoms with E-state index in [-0.39, 0.29) is 28.8 Å². The molecule has 1 aromatic rings. The van der Waals surface area contributed by atoms with E-state index in [9.17, 15) is 13.2 Å². The second-order valence-electron chi connectivity index (χ2n) is 7.90. The Morgan fingerprint density at radius 3 is 2.50 bits per heavy atom. The number of benzene rings is 1. The van der Waals surface area contributed by atoms with E-state index >= 15 is 0 Å². The van der Waals surface area contributed by atoms with Crippen LogP contribution in [0.2, 0.25) is 0 Å². The van der Waals surface area contributed by atoms with E-state index in [4.69, 9.17) is 5.73 Å². The predicted octanol–water partition coefficient (Wildman–Crippen LogP) is 1.64. The van der Waals surface area contributed by atoms with Gasteiger partial charge in [0.1, 0.15) is 0 Å². The number of hydrogen-bond donors (Lipinski definition) is 2. The Labute approximate surface area is 156 Å². The summed E-state index contributed by atoms with van der Waals surface area (Å²) in [5, 5.41) is 3.11. The SMILES string of the molecule is Cc1ccc(S(=O)(=O)N2CCCC(C(=O)NC(C)(CN)C3CC3)C2)cc1. The van der Waals surface area contributed by atoms with E-state index in [1.54, 1.807) is 24.3 Å². The Kier molecular flexibility index (Phi) is 5.42. The topological polar surface area (TPSA) is 92.5 Å². The molecule has 3 rings (SSSR count). The fraction of sp³-hybridized carbons (Fsp3) is 0.632. The first kappa shape index (κ1) is 19.3. The molecule has 1 aromatic carbocycles. The summed E-state index contributed by atoms with van der Waals surface area (Å²) in [4.78, 5) is 13.1. The van der Waals surface area contributed by atoms with Crippen LogP contribution in [0.1, 0.15) is 38.2 Å². The Hall–Kier alpha value is -1.44. The van der Waals surface area contributed by atoms with Crippen LogP contribution in [0.3, 0.4) is 0 Å². The minimum Gasteiger partial charge on any atom is -0.349 e. The standard InChI is InChI=1S/C19H29N3O3S/c1-14-5-9-17(10-6-14)26(24,25)22-11-3-4-15(12-22)18(23)21-19(2,13-20)16-7-8-16/h5-6,9-10,15-16H,3-4,7-8,11-13,20H2,1-2H3,(H,21,23). The van der Waals surface area contributed by atoms with Crippen LogP contribution in [0, 0.1) is 18.8 Å². The van der Waals surface area contributed by atoms with Crippen molar-refractivity contribution in [3.63, 3.8) is 0 Å². The van der Waals surface area contributed by atoms with Crippen LogP contribution in [-0.4, -0.2) is 43.8 Å². The summed E-state index contributed by atoms with van der Waals surface area (Å²) < 4.78 is 27.2. The maximum atomic E-state index is 12.9. The summed E-state index contributed by atoms with van der Waals surface area (Å²) in [7, 11) is -3.57. The molecule has 0 radical (unpaired) electrons. The highest BCUT2D eigenvalue weighted by Gasteiger charge is 2.43. The molecule has 6 nitrogen and oxygen atoms in total. The molecule has 1 saturated heterocycles. The zero-order valence-corrected chi connectivity index (χ0v) is 16.4. The van der Waals surface area contributed by atoms with E-state index in [1.165, 1.54) is 4.31 Å². The van der Waals surface area contributed by atoms with Crippen LogP contribution in [0.5, 0.6) is 0 Å². The number of carbonyl (C=O) groups excluding carboxylic acids is 1. The second-order valence-corrected chi connectivity index (χ2v) is 9.84. The molecular formula is C19H29N3O3S. The van der Waals surface area contributed by atoms with Gasteiger partial charge in [0.2, 0.25) is 15.9 Å². The number of rotatable bonds is 6. The lowest BCUT2D eigenvalue weighted by Gasteiger charge is -2.35. The van der Waals surface area contributed by atoms with Crippen molar-refractivity contribution in [1.29, 1.82) is 0 Å². The fourth-order valence-corrected chi connectivity index (χ4v) is 5.18. The average molecular weight is 380 g/mol. The third kappa shape index (κ3) is 3.94. The molecule has 26 heavy (non-hydrogen) atoms. The number of piperidine rings is 1. The lowest BCUT2D eigenvalue weighted by atomic mass is 9.92. The molecule has 1 aliphatic carbocycles. The summed E-state index contributed by atoms with van der Waals surface area (Å²) in [6, 6.07) is 6.85. The number of nitrogens with zero attached hydrogens (tertiary/aromatic N) is 1. The number of nitrogens with one attached hydrogen (secondary N) is 1. The van der Waals surface area contributed by atoms with Crippen LogP contribution in [-0.2, 0) is 14.8 Å². The Balaban J connectivity index is 1.70. The van der Waals surface area contributed by atoms with E-state index < -0.39 is 10.0 Å². The molecule has 7 heteroatoms. The highest BCUT2D eigenvalue weighted by atomic mass is 32.2. The molecule has 0 spiro atoms. The first-order valence-electron chi connectivity index (χ1n) is 9.35. The number of amides is 1. The van der Waals surface area contributed by atoms with Gasteiger partial charge in [-0.25, -0.2) is 8.42 Å². The van der Waals surface area contributed by atoms with Crippen LogP contribution < -0.4 is 11.1 Å². The quantitative estimate of drug-likeness (QED) is 0.786. The number of hydrogen-bond acceptors (Lipinski definition) is 4. The van der Waals surface area contributed by atoms with Crippen LogP contribution in [0.15, 0.2) is 29.2 Å². The molecule has 3 N–H and O–H groups in total. The smallest absolute Gasteiger partial charge is 0.243 e. The molecule has 2 atom stereocenters. The van der Waals surface area contributed by atoms with E-state index in [0.717, 1.165) is 18.4 Å². The molecule has 1 amide bonds. The van der Waals surface area contributed by atoms with Gasteiger partial charge < -0.3 is 11.1 Å². The Morgan fingerprint density at radius 1 is 1.27 bits per heavy atom. The van der Waals surface area contributed by atoms with Crippen molar-refractivity contribution in [2.24, 2.45) is 17.6 Å². The summed E-state index contributed by atoms with van der Waals surface area (Å²) in [5.41, 5.74) is 6.52. The second kappa shape index (κ2) is 7.29. The van der Waals surface area contributed by atoms with Gasteiger partial charge in [-0.05, 0) is 57.6 Å². The van der Waals surface area contributed by atoms with Gasteiger partial charge in [0, 0.05) is 19.6 Å². The Morgan fingerprint density at radius 2 is 1.92 bits per heavy atom. The van der Waals surface area contributed by atoms with Gasteiger partial charge >= 0.3 is 0 Å². The molecule has 1 aliphatic heterocycles. The van der Waals surface area contributed by atoms with Crippen LogP contribution in [0.25, 0.3) is 0 Å². The highest BCUT2D eigenvalue weighted by molar-refractivity contribution is 7.89. The number of aryl methyl sites for hydroxylation is 1. The number of nitrogens with two attached hydrogens (primary N) is 1. The number of sulfonamides is 1. The molecule has 2 unspecified atom stereocenters. The summed E-state index contributed by atoms with van der Waals surface area (Å²) in [5.74, 6) is 0.0367. The van der Waals surface area contributed by atoms with Gasteiger partial charge in [0.15, 0.2) is 0 Å². The lowest BCUT2D eigenvalue weighted by Crippen LogP contribution is -2.56. The van der Waals surface area contributed by atoms with Crippen molar-refractivity contribution in [3.05, 3.63) is 29.8 Å². The normalized spacial score (nSPS) is 24.0. The monoisotopic (exact) mass is 379 g/mol.